The maximum absolute atomic E-state index is 12.5. The molecule has 4 nitrogen and oxygen atoms in total. The van der Waals surface area contributed by atoms with Crippen molar-refractivity contribution in [2.75, 3.05) is 32.7 Å². The van der Waals surface area contributed by atoms with E-state index in [0.29, 0.717) is 6.54 Å². The molecular weight excluding hydrogens is 250 g/mol. The third-order valence-electron chi connectivity index (χ3n) is 5.10. The summed E-state index contributed by atoms with van der Waals surface area (Å²) in [4.78, 5) is 14.9. The molecule has 0 bridgehead atoms. The van der Waals surface area contributed by atoms with Crippen molar-refractivity contribution in [1.82, 2.24) is 10.2 Å². The third-order valence-corrected chi connectivity index (χ3v) is 5.10. The van der Waals surface area contributed by atoms with Crippen LogP contribution >= 0.6 is 0 Å². The van der Waals surface area contributed by atoms with Gasteiger partial charge in [0.1, 0.15) is 0 Å². The topological polar surface area (TPSA) is 58.4 Å². The summed E-state index contributed by atoms with van der Waals surface area (Å²) >= 11 is 0. The Morgan fingerprint density at radius 3 is 2.20 bits per heavy atom. The molecule has 1 saturated heterocycles. The standard InChI is InChI=1S/C16H31N3O/c17-14-16(8-4-3-5-9-16)15(20)18-10-13-19-11-6-1-2-7-12-19/h1-14,17H2,(H,18,20). The molecule has 0 unspecified atom stereocenters. The first-order valence-electron chi connectivity index (χ1n) is 8.48. The van der Waals surface area contributed by atoms with E-state index in [2.05, 4.69) is 10.2 Å². The van der Waals surface area contributed by atoms with Crippen LogP contribution in [0.3, 0.4) is 0 Å². The number of nitrogens with zero attached hydrogens (tertiary/aromatic N) is 1. The van der Waals surface area contributed by atoms with Crippen LogP contribution < -0.4 is 11.1 Å². The largest absolute Gasteiger partial charge is 0.354 e. The van der Waals surface area contributed by atoms with Crippen molar-refractivity contribution in [2.24, 2.45) is 11.1 Å². The van der Waals surface area contributed by atoms with Gasteiger partial charge in [-0.15, -0.1) is 0 Å². The number of carbonyl (C=O) groups excluding carboxylic acids is 1. The fraction of sp³-hybridized carbons (Fsp3) is 0.938. The van der Waals surface area contributed by atoms with Gasteiger partial charge in [0.2, 0.25) is 5.91 Å². The predicted octanol–water partition coefficient (Wildman–Crippen LogP) is 1.89. The molecule has 2 fully saturated rings. The quantitative estimate of drug-likeness (QED) is 0.809. The van der Waals surface area contributed by atoms with Crippen molar-refractivity contribution in [3.63, 3.8) is 0 Å². The molecule has 3 N–H and O–H groups in total. The Labute approximate surface area is 123 Å². The second-order valence-electron chi connectivity index (χ2n) is 6.56. The summed E-state index contributed by atoms with van der Waals surface area (Å²) < 4.78 is 0. The van der Waals surface area contributed by atoms with Gasteiger partial charge in [-0.1, -0.05) is 32.1 Å². The molecule has 1 aliphatic carbocycles. The number of carbonyl (C=O) groups is 1. The van der Waals surface area contributed by atoms with Crippen molar-refractivity contribution in [1.29, 1.82) is 0 Å². The van der Waals surface area contributed by atoms with Gasteiger partial charge in [-0.2, -0.15) is 0 Å². The van der Waals surface area contributed by atoms with E-state index in [9.17, 15) is 4.79 Å². The van der Waals surface area contributed by atoms with Crippen molar-refractivity contribution in [2.45, 2.75) is 57.8 Å². The average Bonchev–Trinajstić information content (AvgIpc) is 2.76. The van der Waals surface area contributed by atoms with Gasteiger partial charge in [0.15, 0.2) is 0 Å². The Bertz CT molecular complexity index is 292. The zero-order chi connectivity index (χ0) is 14.3. The summed E-state index contributed by atoms with van der Waals surface area (Å²) in [7, 11) is 0. The van der Waals surface area contributed by atoms with Crippen LogP contribution in [0.15, 0.2) is 0 Å². The Balaban J connectivity index is 1.73. The van der Waals surface area contributed by atoms with Crippen LogP contribution in [0.5, 0.6) is 0 Å². The van der Waals surface area contributed by atoms with Crippen molar-refractivity contribution < 1.29 is 4.79 Å². The minimum atomic E-state index is -0.267. The van der Waals surface area contributed by atoms with Gasteiger partial charge < -0.3 is 16.0 Å². The lowest BCUT2D eigenvalue weighted by atomic mass is 9.73. The lowest BCUT2D eigenvalue weighted by Gasteiger charge is -2.34. The van der Waals surface area contributed by atoms with E-state index in [-0.39, 0.29) is 11.3 Å². The molecular formula is C16H31N3O. The van der Waals surface area contributed by atoms with Crippen LogP contribution in [0, 0.1) is 5.41 Å². The first-order chi connectivity index (χ1) is 9.77. The van der Waals surface area contributed by atoms with Gasteiger partial charge in [-0.25, -0.2) is 0 Å². The van der Waals surface area contributed by atoms with Crippen LogP contribution in [-0.2, 0) is 4.79 Å². The number of nitrogens with one attached hydrogen (secondary N) is 1. The van der Waals surface area contributed by atoms with Gasteiger partial charge in [0, 0.05) is 19.6 Å². The Hall–Kier alpha value is -0.610. The smallest absolute Gasteiger partial charge is 0.227 e. The van der Waals surface area contributed by atoms with Gasteiger partial charge in [0.05, 0.1) is 5.41 Å². The minimum Gasteiger partial charge on any atom is -0.354 e. The zero-order valence-electron chi connectivity index (χ0n) is 12.8. The second-order valence-corrected chi connectivity index (χ2v) is 6.56. The van der Waals surface area contributed by atoms with E-state index in [1.807, 2.05) is 0 Å². The van der Waals surface area contributed by atoms with Gasteiger partial charge in [-0.3, -0.25) is 4.79 Å². The molecule has 1 amide bonds. The molecule has 2 rings (SSSR count). The van der Waals surface area contributed by atoms with E-state index in [0.717, 1.165) is 38.8 Å². The van der Waals surface area contributed by atoms with Gasteiger partial charge >= 0.3 is 0 Å². The minimum absolute atomic E-state index is 0.203. The SMILES string of the molecule is NCC1(C(=O)NCCN2CCCCCC2)CCCCC1. The molecule has 116 valence electrons. The molecule has 20 heavy (non-hydrogen) atoms. The molecule has 0 spiro atoms. The second kappa shape index (κ2) is 7.99. The highest BCUT2D eigenvalue weighted by Crippen LogP contribution is 2.35. The lowest BCUT2D eigenvalue weighted by Crippen LogP contribution is -2.48. The van der Waals surface area contributed by atoms with E-state index in [1.165, 1.54) is 45.2 Å². The molecule has 1 aliphatic heterocycles. The molecule has 0 radical (unpaired) electrons. The Morgan fingerprint density at radius 1 is 1.00 bits per heavy atom. The molecule has 0 atom stereocenters. The summed E-state index contributed by atoms with van der Waals surface area (Å²) in [5, 5.41) is 3.15. The van der Waals surface area contributed by atoms with Crippen molar-refractivity contribution in [3.8, 4) is 0 Å². The molecule has 0 aromatic carbocycles. The molecule has 0 aromatic heterocycles. The van der Waals surface area contributed by atoms with E-state index >= 15 is 0 Å². The lowest BCUT2D eigenvalue weighted by molar-refractivity contribution is -0.132. The number of amides is 1. The van der Waals surface area contributed by atoms with Crippen molar-refractivity contribution >= 4 is 5.91 Å². The van der Waals surface area contributed by atoms with E-state index in [4.69, 9.17) is 5.73 Å². The summed E-state index contributed by atoms with van der Waals surface area (Å²) in [6.07, 6.45) is 10.8. The molecule has 2 aliphatic rings. The summed E-state index contributed by atoms with van der Waals surface area (Å²) in [5.74, 6) is 0.203. The molecule has 1 saturated carbocycles. The van der Waals surface area contributed by atoms with Crippen LogP contribution in [0.1, 0.15) is 57.8 Å². The fourth-order valence-corrected chi connectivity index (χ4v) is 3.63. The number of hydrogen-bond acceptors (Lipinski definition) is 3. The normalized spacial score (nSPS) is 24.1. The average molecular weight is 281 g/mol. The van der Waals surface area contributed by atoms with E-state index < -0.39 is 0 Å². The van der Waals surface area contributed by atoms with Crippen LogP contribution in [0.2, 0.25) is 0 Å². The highest BCUT2D eigenvalue weighted by atomic mass is 16.2. The Morgan fingerprint density at radius 2 is 1.60 bits per heavy atom. The van der Waals surface area contributed by atoms with Crippen molar-refractivity contribution in [3.05, 3.63) is 0 Å². The van der Waals surface area contributed by atoms with Gasteiger partial charge in [-0.05, 0) is 38.8 Å². The molecule has 1 heterocycles. The van der Waals surface area contributed by atoms with Crippen LogP contribution in [0.4, 0.5) is 0 Å². The highest BCUT2D eigenvalue weighted by Gasteiger charge is 2.37. The monoisotopic (exact) mass is 281 g/mol. The molecule has 4 heteroatoms. The van der Waals surface area contributed by atoms with E-state index in [1.54, 1.807) is 0 Å². The molecule has 0 aromatic rings. The number of nitrogens with two attached hydrogens (primary N) is 1. The number of hydrogen-bond donors (Lipinski definition) is 2. The number of likely N-dealkylation sites (tertiary alicyclic amines) is 1. The highest BCUT2D eigenvalue weighted by molar-refractivity contribution is 5.83. The maximum Gasteiger partial charge on any atom is 0.227 e. The van der Waals surface area contributed by atoms with Crippen LogP contribution in [-0.4, -0.2) is 43.5 Å². The summed E-state index contributed by atoms with van der Waals surface area (Å²) in [6, 6.07) is 0. The first kappa shape index (κ1) is 15.8. The predicted molar refractivity (Wildman–Crippen MR) is 82.5 cm³/mol. The summed E-state index contributed by atoms with van der Waals surface area (Å²) in [5.41, 5.74) is 5.64. The van der Waals surface area contributed by atoms with Crippen LogP contribution in [0.25, 0.3) is 0 Å². The third kappa shape index (κ3) is 4.19. The zero-order valence-corrected chi connectivity index (χ0v) is 12.8. The summed E-state index contributed by atoms with van der Waals surface area (Å²) in [6.45, 7) is 4.66. The number of rotatable bonds is 5. The fourth-order valence-electron chi connectivity index (χ4n) is 3.63. The Kier molecular flexibility index (Phi) is 6.30. The first-order valence-corrected chi connectivity index (χ1v) is 8.48. The van der Waals surface area contributed by atoms with Gasteiger partial charge in [0.25, 0.3) is 0 Å². The maximum atomic E-state index is 12.5.